The lowest BCUT2D eigenvalue weighted by atomic mass is 9.80. The zero-order valence-electron chi connectivity index (χ0n) is 23.2. The number of hydrogen-bond acceptors (Lipinski definition) is 9. The first-order valence-corrected chi connectivity index (χ1v) is 13.2. The molecule has 5 atom stereocenters. The Labute approximate surface area is 238 Å². The van der Waals surface area contributed by atoms with Crippen LogP contribution in [-0.4, -0.2) is 62.4 Å². The lowest BCUT2D eigenvalue weighted by Crippen LogP contribution is -2.45. The average molecular weight is 564 g/mol. The number of ether oxygens (including phenoxy) is 6. The number of hydrogen-bond donors (Lipinski definition) is 1. The highest BCUT2D eigenvalue weighted by Gasteiger charge is 2.58. The lowest BCUT2D eigenvalue weighted by Gasteiger charge is -2.37. The fourth-order valence-corrected chi connectivity index (χ4v) is 5.39. The number of nitrogens with zero attached hydrogens (tertiary/aromatic N) is 3. The van der Waals surface area contributed by atoms with Crippen LogP contribution in [0.15, 0.2) is 84.1 Å². The molecule has 0 aromatic heterocycles. The molecule has 2 saturated heterocycles. The predicted molar refractivity (Wildman–Crippen MR) is 147 cm³/mol. The van der Waals surface area contributed by atoms with Crippen molar-refractivity contribution in [2.75, 3.05) is 20.8 Å². The van der Waals surface area contributed by atoms with Gasteiger partial charge in [0.2, 0.25) is 0 Å². The normalized spacial score (nSPS) is 23.7. The monoisotopic (exact) mass is 563 g/mol. The molecule has 0 bridgehead atoms. The van der Waals surface area contributed by atoms with Crippen molar-refractivity contribution >= 4 is 0 Å². The van der Waals surface area contributed by atoms with Crippen LogP contribution in [0.1, 0.15) is 30.5 Å². The van der Waals surface area contributed by atoms with Gasteiger partial charge in [-0.1, -0.05) is 54.6 Å². The Kier molecular flexibility index (Phi) is 8.37. The van der Waals surface area contributed by atoms with Gasteiger partial charge in [0.1, 0.15) is 34.6 Å². The maximum atomic E-state index is 11.5. The summed E-state index contributed by atoms with van der Waals surface area (Å²) in [5, 5.41) is 14.7. The summed E-state index contributed by atoms with van der Waals surface area (Å²) in [6, 6.07) is 24.9. The lowest BCUT2D eigenvalue weighted by molar-refractivity contribution is -0.234. The van der Waals surface area contributed by atoms with Crippen molar-refractivity contribution < 1.29 is 38.4 Å². The van der Waals surface area contributed by atoms with Gasteiger partial charge in [0, 0.05) is 4.91 Å². The van der Waals surface area contributed by atoms with Crippen molar-refractivity contribution in [3.05, 3.63) is 106 Å². The summed E-state index contributed by atoms with van der Waals surface area (Å²) < 4.78 is 35.3. The molecule has 41 heavy (non-hydrogen) atoms. The van der Waals surface area contributed by atoms with Crippen LogP contribution in [-0.2, 0) is 29.4 Å². The molecule has 2 heterocycles. The molecule has 0 radical (unpaired) electrons. The molecule has 216 valence electrons. The number of azide groups is 1. The molecule has 3 aromatic carbocycles. The Hall–Kier alpha value is -3.83. The van der Waals surface area contributed by atoms with E-state index in [4.69, 9.17) is 38.8 Å². The van der Waals surface area contributed by atoms with Crippen molar-refractivity contribution in [1.29, 1.82) is 0 Å². The Morgan fingerprint density at radius 1 is 0.902 bits per heavy atom. The maximum absolute atomic E-state index is 11.5. The smallest absolute Gasteiger partial charge is 0.191 e. The predicted octanol–water partition coefficient (Wildman–Crippen LogP) is 4.86. The number of aliphatic hydroxyl groups is 1. The molecule has 11 nitrogen and oxygen atoms in total. The van der Waals surface area contributed by atoms with E-state index in [1.165, 1.54) is 0 Å². The highest BCUT2D eigenvalue weighted by atomic mass is 16.9. The molecule has 0 spiro atoms. The van der Waals surface area contributed by atoms with Crippen molar-refractivity contribution in [2.45, 2.75) is 55.9 Å². The van der Waals surface area contributed by atoms with Crippen LogP contribution in [0.4, 0.5) is 0 Å². The molecule has 3 aromatic rings. The highest BCUT2D eigenvalue weighted by molar-refractivity contribution is 5.49. The van der Waals surface area contributed by atoms with E-state index in [1.807, 2.05) is 78.9 Å². The second-order valence-corrected chi connectivity index (χ2v) is 10.2. The summed E-state index contributed by atoms with van der Waals surface area (Å²) in [6.07, 6.45) is -4.63. The van der Waals surface area contributed by atoms with Gasteiger partial charge < -0.3 is 38.4 Å². The minimum atomic E-state index is -1.21. The van der Waals surface area contributed by atoms with E-state index < -0.39 is 42.1 Å². The molecule has 0 saturated carbocycles. The van der Waals surface area contributed by atoms with Gasteiger partial charge in [-0.3, -0.25) is 0 Å². The molecular formula is C30H33N3O8. The SMILES string of the molecule is COc1ccc(C(OC[C@@H](O)[C@H]2O[C@@H]3OC(C)(C)O[C@@H]3[C@@H]2ON=[N+]=[N-])(c2ccccc2)c2ccc(OC)cc2)cc1. The molecule has 2 fully saturated rings. The molecule has 11 heteroatoms. The number of rotatable bonds is 11. The molecular weight excluding hydrogens is 530 g/mol. The standard InChI is InChI=1S/C30H33N3O8/c1-29(2)39-27-26(41-33-32-31)25(38-28(27)40-29)24(34)18-37-30(19-8-6-5-7-9-19,20-10-14-22(35-3)15-11-20)21-12-16-23(36-4)17-13-21/h5-17,24-28,34H,18H2,1-4H3/t24-,25-,26-,27-,28-/m1/s1. The molecule has 0 amide bonds. The highest BCUT2D eigenvalue weighted by Crippen LogP contribution is 2.43. The van der Waals surface area contributed by atoms with Gasteiger partial charge in [-0.25, -0.2) is 0 Å². The van der Waals surface area contributed by atoms with Crippen LogP contribution in [0.2, 0.25) is 0 Å². The molecule has 0 aliphatic carbocycles. The topological polar surface area (TPSA) is 134 Å². The Morgan fingerprint density at radius 3 is 2.00 bits per heavy atom. The second kappa shape index (κ2) is 12.0. The van der Waals surface area contributed by atoms with E-state index in [-0.39, 0.29) is 6.61 Å². The molecule has 2 aliphatic rings. The van der Waals surface area contributed by atoms with E-state index in [2.05, 4.69) is 10.2 Å². The third kappa shape index (κ3) is 5.69. The van der Waals surface area contributed by atoms with Gasteiger partial charge in [-0.2, -0.15) is 0 Å². The van der Waals surface area contributed by atoms with Crippen LogP contribution >= 0.6 is 0 Å². The number of benzene rings is 3. The number of fused-ring (bicyclic) bond motifs is 1. The quantitative estimate of drug-likeness (QED) is 0.115. The Balaban J connectivity index is 1.52. The Morgan fingerprint density at radius 2 is 1.46 bits per heavy atom. The second-order valence-electron chi connectivity index (χ2n) is 10.2. The van der Waals surface area contributed by atoms with Crippen LogP contribution in [0.3, 0.4) is 0 Å². The van der Waals surface area contributed by atoms with Crippen LogP contribution in [0.5, 0.6) is 11.5 Å². The van der Waals surface area contributed by atoms with E-state index in [9.17, 15) is 5.11 Å². The van der Waals surface area contributed by atoms with Gasteiger partial charge in [0.15, 0.2) is 24.3 Å². The van der Waals surface area contributed by atoms with Crippen molar-refractivity contribution in [3.63, 3.8) is 0 Å². The third-order valence-electron chi connectivity index (χ3n) is 7.26. The van der Waals surface area contributed by atoms with E-state index in [1.54, 1.807) is 28.1 Å². The van der Waals surface area contributed by atoms with Crippen LogP contribution in [0.25, 0.3) is 10.4 Å². The van der Waals surface area contributed by atoms with E-state index in [0.717, 1.165) is 16.7 Å². The largest absolute Gasteiger partial charge is 0.497 e. The summed E-state index contributed by atoms with van der Waals surface area (Å²) >= 11 is 0. The zero-order chi connectivity index (χ0) is 29.0. The van der Waals surface area contributed by atoms with Crippen LogP contribution in [0, 0.1) is 0 Å². The molecule has 0 unspecified atom stereocenters. The summed E-state index contributed by atoms with van der Waals surface area (Å²) in [4.78, 5) is 8.06. The molecule has 2 aliphatic heterocycles. The minimum absolute atomic E-state index is 0.184. The minimum Gasteiger partial charge on any atom is -0.497 e. The fourth-order valence-electron chi connectivity index (χ4n) is 5.39. The van der Waals surface area contributed by atoms with E-state index >= 15 is 0 Å². The van der Waals surface area contributed by atoms with E-state index in [0.29, 0.717) is 11.5 Å². The Bertz CT molecular complexity index is 1300. The summed E-state index contributed by atoms with van der Waals surface area (Å²) in [7, 11) is 3.21. The summed E-state index contributed by atoms with van der Waals surface area (Å²) in [5.74, 6) is 0.458. The van der Waals surface area contributed by atoms with Crippen molar-refractivity contribution in [3.8, 4) is 11.5 Å². The third-order valence-corrected chi connectivity index (χ3v) is 7.26. The van der Waals surface area contributed by atoms with Gasteiger partial charge in [0.25, 0.3) is 0 Å². The molecule has 1 N–H and O–H groups in total. The van der Waals surface area contributed by atoms with Gasteiger partial charge >= 0.3 is 0 Å². The average Bonchev–Trinajstić information content (AvgIpc) is 3.48. The first-order valence-electron chi connectivity index (χ1n) is 13.2. The van der Waals surface area contributed by atoms with Crippen molar-refractivity contribution in [1.82, 2.24) is 0 Å². The van der Waals surface area contributed by atoms with Gasteiger partial charge in [-0.05, 0) is 60.3 Å². The van der Waals surface area contributed by atoms with Gasteiger partial charge in [-0.15, -0.1) is 0 Å². The summed E-state index contributed by atoms with van der Waals surface area (Å²) in [6.45, 7) is 3.30. The zero-order valence-corrected chi connectivity index (χ0v) is 23.2. The van der Waals surface area contributed by atoms with Crippen molar-refractivity contribution in [2.24, 2.45) is 5.28 Å². The maximum Gasteiger partial charge on any atom is 0.191 e. The summed E-state index contributed by atoms with van der Waals surface area (Å²) in [5.41, 5.74) is 10.2. The van der Waals surface area contributed by atoms with Gasteiger partial charge in [0.05, 0.1) is 20.8 Å². The number of aliphatic hydroxyl groups excluding tert-OH is 1. The first-order chi connectivity index (χ1) is 19.8. The fraction of sp³-hybridized carbons (Fsp3) is 0.400. The van der Waals surface area contributed by atoms with Crippen LogP contribution < -0.4 is 9.47 Å². The number of methoxy groups -OCH3 is 2. The first kappa shape index (κ1) is 28.7. The molecule has 5 rings (SSSR count).